The Labute approximate surface area is 82.8 Å². The number of hydrogen-bond acceptors (Lipinski definition) is 2. The molecule has 14 heavy (non-hydrogen) atoms. The Morgan fingerprint density at radius 2 is 2.29 bits per heavy atom. The summed E-state index contributed by atoms with van der Waals surface area (Å²) >= 11 is 0. The lowest BCUT2D eigenvalue weighted by atomic mass is 10.1. The van der Waals surface area contributed by atoms with Crippen molar-refractivity contribution in [3.8, 4) is 0 Å². The molecule has 0 spiro atoms. The van der Waals surface area contributed by atoms with Gasteiger partial charge in [-0.2, -0.15) is 5.10 Å². The zero-order chi connectivity index (χ0) is 10.4. The third-order valence-corrected chi connectivity index (χ3v) is 1.84. The molecule has 0 aromatic heterocycles. The normalized spacial score (nSPS) is 10.4. The third-order valence-electron chi connectivity index (χ3n) is 1.84. The summed E-state index contributed by atoms with van der Waals surface area (Å²) in [7, 11) is 0. The molecule has 0 aliphatic rings. The van der Waals surface area contributed by atoms with Gasteiger partial charge in [-0.1, -0.05) is 24.3 Å². The quantitative estimate of drug-likeness (QED) is 0.547. The topological polar surface area (TPSA) is 67.5 Å². The van der Waals surface area contributed by atoms with Crippen LogP contribution in [0.1, 0.15) is 11.1 Å². The van der Waals surface area contributed by atoms with E-state index in [2.05, 4.69) is 10.5 Å². The Morgan fingerprint density at radius 1 is 1.57 bits per heavy atom. The summed E-state index contributed by atoms with van der Waals surface area (Å²) in [6, 6.07) is 7.36. The number of primary amides is 1. The summed E-state index contributed by atoms with van der Waals surface area (Å²) in [5.74, 6) is 0. The fraction of sp³-hybridized carbons (Fsp3) is 0.200. The summed E-state index contributed by atoms with van der Waals surface area (Å²) in [5, 5.41) is 3.66. The van der Waals surface area contributed by atoms with Crippen LogP contribution in [-0.4, -0.2) is 12.2 Å². The van der Waals surface area contributed by atoms with Crippen LogP contribution in [-0.2, 0) is 6.42 Å². The van der Waals surface area contributed by atoms with E-state index in [1.807, 2.05) is 31.2 Å². The highest BCUT2D eigenvalue weighted by Crippen LogP contribution is 2.05. The van der Waals surface area contributed by atoms with Crippen molar-refractivity contribution in [3.05, 3.63) is 35.4 Å². The number of nitrogens with one attached hydrogen (secondary N) is 1. The van der Waals surface area contributed by atoms with E-state index >= 15 is 0 Å². The summed E-state index contributed by atoms with van der Waals surface area (Å²) in [6.07, 6.45) is 2.31. The van der Waals surface area contributed by atoms with E-state index in [1.165, 1.54) is 11.1 Å². The number of carbonyl (C=O) groups is 1. The molecule has 0 bridgehead atoms. The Balaban J connectivity index is 2.49. The maximum absolute atomic E-state index is 10.3. The highest BCUT2D eigenvalue weighted by molar-refractivity contribution is 5.73. The van der Waals surface area contributed by atoms with Gasteiger partial charge in [-0.15, -0.1) is 0 Å². The molecule has 0 radical (unpaired) electrons. The van der Waals surface area contributed by atoms with Gasteiger partial charge in [-0.05, 0) is 18.1 Å². The molecule has 0 fully saturated rings. The first kappa shape index (κ1) is 10.2. The van der Waals surface area contributed by atoms with E-state index in [-0.39, 0.29) is 0 Å². The first-order valence-electron chi connectivity index (χ1n) is 4.31. The number of amides is 2. The average molecular weight is 191 g/mol. The minimum atomic E-state index is -0.647. The second kappa shape index (κ2) is 5.01. The summed E-state index contributed by atoms with van der Waals surface area (Å²) in [5.41, 5.74) is 9.37. The van der Waals surface area contributed by atoms with E-state index in [1.54, 1.807) is 6.21 Å². The lowest BCUT2D eigenvalue weighted by Crippen LogP contribution is -2.24. The van der Waals surface area contributed by atoms with Gasteiger partial charge in [0.05, 0.1) is 0 Å². The summed E-state index contributed by atoms with van der Waals surface area (Å²) in [4.78, 5) is 10.3. The molecule has 74 valence electrons. The van der Waals surface area contributed by atoms with Gasteiger partial charge in [-0.3, -0.25) is 0 Å². The van der Waals surface area contributed by atoms with Gasteiger partial charge in [0.2, 0.25) is 0 Å². The van der Waals surface area contributed by atoms with Gasteiger partial charge in [0.15, 0.2) is 0 Å². The smallest absolute Gasteiger partial charge is 0.332 e. The predicted octanol–water partition coefficient (Wildman–Crippen LogP) is 1.19. The van der Waals surface area contributed by atoms with Crippen LogP contribution in [0.3, 0.4) is 0 Å². The largest absolute Gasteiger partial charge is 0.350 e. The van der Waals surface area contributed by atoms with E-state index in [4.69, 9.17) is 5.73 Å². The Morgan fingerprint density at radius 3 is 2.93 bits per heavy atom. The van der Waals surface area contributed by atoms with Crippen molar-refractivity contribution >= 4 is 12.2 Å². The van der Waals surface area contributed by atoms with Crippen LogP contribution in [0.5, 0.6) is 0 Å². The van der Waals surface area contributed by atoms with Gasteiger partial charge in [0.25, 0.3) is 0 Å². The predicted molar refractivity (Wildman–Crippen MR) is 56.1 cm³/mol. The zero-order valence-corrected chi connectivity index (χ0v) is 8.03. The first-order valence-corrected chi connectivity index (χ1v) is 4.31. The molecule has 0 aliphatic heterocycles. The number of nitrogens with two attached hydrogens (primary N) is 1. The molecule has 2 amide bonds. The lowest BCUT2D eigenvalue weighted by molar-refractivity contribution is 0.249. The highest BCUT2D eigenvalue weighted by Gasteiger charge is 1.93. The number of urea groups is 1. The van der Waals surface area contributed by atoms with Gasteiger partial charge in [-0.25, -0.2) is 10.2 Å². The van der Waals surface area contributed by atoms with Gasteiger partial charge >= 0.3 is 6.03 Å². The van der Waals surface area contributed by atoms with Crippen molar-refractivity contribution in [2.75, 3.05) is 0 Å². The number of hydrazone groups is 1. The molecule has 1 aromatic rings. The average Bonchev–Trinajstić information content (AvgIpc) is 2.15. The first-order chi connectivity index (χ1) is 6.70. The minimum absolute atomic E-state index is 0.647. The summed E-state index contributed by atoms with van der Waals surface area (Å²) < 4.78 is 0. The second-order valence-electron chi connectivity index (χ2n) is 2.92. The molecular formula is C10H13N3O. The van der Waals surface area contributed by atoms with Gasteiger partial charge < -0.3 is 5.73 Å². The van der Waals surface area contributed by atoms with Crippen molar-refractivity contribution in [2.45, 2.75) is 13.3 Å². The van der Waals surface area contributed by atoms with Crippen molar-refractivity contribution in [1.29, 1.82) is 0 Å². The molecule has 4 nitrogen and oxygen atoms in total. The Hall–Kier alpha value is -1.84. The fourth-order valence-electron chi connectivity index (χ4n) is 1.09. The van der Waals surface area contributed by atoms with Gasteiger partial charge in [0.1, 0.15) is 0 Å². The minimum Gasteiger partial charge on any atom is -0.350 e. The number of carbonyl (C=O) groups excluding carboxylic acids is 1. The maximum atomic E-state index is 10.3. The number of rotatable bonds is 3. The monoisotopic (exact) mass is 191 g/mol. The van der Waals surface area contributed by atoms with Gasteiger partial charge in [0, 0.05) is 12.6 Å². The van der Waals surface area contributed by atoms with Crippen LogP contribution >= 0.6 is 0 Å². The number of benzene rings is 1. The highest BCUT2D eigenvalue weighted by atomic mass is 16.2. The number of nitrogens with zero attached hydrogens (tertiary/aromatic N) is 1. The fourth-order valence-corrected chi connectivity index (χ4v) is 1.09. The lowest BCUT2D eigenvalue weighted by Gasteiger charge is -2.00. The molecule has 4 heteroatoms. The van der Waals surface area contributed by atoms with Crippen molar-refractivity contribution in [3.63, 3.8) is 0 Å². The molecule has 3 N–H and O–H groups in total. The van der Waals surface area contributed by atoms with Crippen LogP contribution in [0.15, 0.2) is 29.4 Å². The van der Waals surface area contributed by atoms with E-state index in [9.17, 15) is 4.79 Å². The van der Waals surface area contributed by atoms with Crippen LogP contribution in [0.25, 0.3) is 0 Å². The molecular weight excluding hydrogens is 178 g/mol. The molecule has 0 aliphatic carbocycles. The van der Waals surface area contributed by atoms with Crippen LogP contribution in [0.4, 0.5) is 4.79 Å². The van der Waals surface area contributed by atoms with E-state index in [0.29, 0.717) is 6.42 Å². The molecule has 1 rings (SSSR count). The maximum Gasteiger partial charge on any atom is 0.332 e. The van der Waals surface area contributed by atoms with Crippen LogP contribution < -0.4 is 11.2 Å². The van der Waals surface area contributed by atoms with Crippen molar-refractivity contribution in [2.24, 2.45) is 10.8 Å². The number of aryl methyl sites for hydroxylation is 1. The van der Waals surface area contributed by atoms with Crippen molar-refractivity contribution in [1.82, 2.24) is 5.43 Å². The Kier molecular flexibility index (Phi) is 3.67. The zero-order valence-electron chi connectivity index (χ0n) is 8.03. The van der Waals surface area contributed by atoms with Crippen molar-refractivity contribution < 1.29 is 4.79 Å². The molecule has 0 atom stereocenters. The summed E-state index contributed by atoms with van der Waals surface area (Å²) in [6.45, 7) is 2.03. The standard InChI is InChI=1S/C10H13N3O/c1-8-4-2-3-5-9(8)6-7-12-13-10(11)14/h2-5,7H,6H2,1H3,(H3,11,13,14)/b12-7-. The molecule has 0 unspecified atom stereocenters. The number of hydrogen-bond donors (Lipinski definition) is 2. The second-order valence-corrected chi connectivity index (χ2v) is 2.92. The van der Waals surface area contributed by atoms with Crippen LogP contribution in [0, 0.1) is 6.92 Å². The SMILES string of the molecule is Cc1ccccc1C/C=N\NC(N)=O. The van der Waals surface area contributed by atoms with E-state index < -0.39 is 6.03 Å². The molecule has 1 aromatic carbocycles. The Bertz CT molecular complexity index is 347. The molecule has 0 saturated carbocycles. The third kappa shape index (κ3) is 3.26. The van der Waals surface area contributed by atoms with Crippen LogP contribution in [0.2, 0.25) is 0 Å². The molecule has 0 saturated heterocycles. The molecule has 0 heterocycles. The van der Waals surface area contributed by atoms with E-state index in [0.717, 1.165) is 0 Å².